The minimum absolute atomic E-state index is 0.0611. The van der Waals surface area contributed by atoms with Gasteiger partial charge in [0.2, 0.25) is 5.91 Å². The summed E-state index contributed by atoms with van der Waals surface area (Å²) in [7, 11) is 2.88. The van der Waals surface area contributed by atoms with Crippen molar-refractivity contribution in [3.63, 3.8) is 0 Å². The molecule has 5 nitrogen and oxygen atoms in total. The number of hydrogen-bond acceptors (Lipinski definition) is 4. The molecule has 0 aliphatic heterocycles. The second kappa shape index (κ2) is 6.76. The molecule has 0 saturated heterocycles. The Morgan fingerprint density at radius 1 is 1.33 bits per heavy atom. The molecular formula is C15H21FN2O3. The Bertz CT molecular complexity index is 522. The summed E-state index contributed by atoms with van der Waals surface area (Å²) in [4.78, 5) is 12.0. The number of benzene rings is 1. The fraction of sp³-hybridized carbons (Fsp3) is 0.533. The third-order valence-corrected chi connectivity index (χ3v) is 3.91. The molecule has 1 aliphatic carbocycles. The normalized spacial score (nSPS) is 21.1. The van der Waals surface area contributed by atoms with Crippen molar-refractivity contribution in [1.29, 1.82) is 0 Å². The van der Waals surface area contributed by atoms with Gasteiger partial charge in [-0.1, -0.05) is 6.42 Å². The van der Waals surface area contributed by atoms with E-state index in [9.17, 15) is 9.18 Å². The van der Waals surface area contributed by atoms with Gasteiger partial charge in [-0.3, -0.25) is 4.79 Å². The Kier molecular flexibility index (Phi) is 5.01. The van der Waals surface area contributed by atoms with E-state index in [1.54, 1.807) is 0 Å². The van der Waals surface area contributed by atoms with Gasteiger partial charge >= 0.3 is 0 Å². The molecule has 2 atom stereocenters. The predicted molar refractivity (Wildman–Crippen MR) is 78.1 cm³/mol. The van der Waals surface area contributed by atoms with Crippen molar-refractivity contribution in [2.75, 3.05) is 19.5 Å². The molecule has 6 heteroatoms. The topological polar surface area (TPSA) is 73.6 Å². The zero-order valence-corrected chi connectivity index (χ0v) is 12.3. The number of methoxy groups -OCH3 is 2. The number of carbonyl (C=O) groups is 1. The van der Waals surface area contributed by atoms with E-state index in [2.05, 4.69) is 5.32 Å². The highest BCUT2D eigenvalue weighted by Crippen LogP contribution is 2.33. The highest BCUT2D eigenvalue weighted by molar-refractivity contribution is 5.91. The summed E-state index contributed by atoms with van der Waals surface area (Å²) in [6.45, 7) is 0. The van der Waals surface area contributed by atoms with Gasteiger partial charge in [-0.2, -0.15) is 0 Å². The van der Waals surface area contributed by atoms with Crippen LogP contribution in [0.3, 0.4) is 0 Å². The number of hydrogen-bond donors (Lipinski definition) is 2. The molecule has 1 fully saturated rings. The van der Waals surface area contributed by atoms with Crippen LogP contribution < -0.4 is 20.5 Å². The van der Waals surface area contributed by atoms with Crippen LogP contribution in [0.25, 0.3) is 0 Å². The smallest absolute Gasteiger partial charge is 0.224 e. The number of nitrogens with one attached hydrogen (secondary N) is 1. The van der Waals surface area contributed by atoms with Crippen LogP contribution >= 0.6 is 0 Å². The maximum atomic E-state index is 13.9. The van der Waals surface area contributed by atoms with Crippen molar-refractivity contribution in [2.45, 2.75) is 31.7 Å². The summed E-state index contributed by atoms with van der Waals surface area (Å²) in [6.07, 6.45) is 3.25. The SMILES string of the molecule is COc1cc(F)c(NC(=O)C[C@@H]2CCC[C@H]2N)cc1OC. The van der Waals surface area contributed by atoms with Gasteiger partial charge in [0.05, 0.1) is 19.9 Å². The Labute approximate surface area is 123 Å². The van der Waals surface area contributed by atoms with E-state index in [1.165, 1.54) is 26.4 Å². The molecule has 1 aromatic carbocycles. The van der Waals surface area contributed by atoms with Gasteiger partial charge in [-0.25, -0.2) is 4.39 Å². The van der Waals surface area contributed by atoms with Gasteiger partial charge in [0.25, 0.3) is 0 Å². The van der Waals surface area contributed by atoms with Crippen LogP contribution in [0.1, 0.15) is 25.7 Å². The Balaban J connectivity index is 2.06. The second-order valence-corrected chi connectivity index (χ2v) is 5.29. The number of rotatable bonds is 5. The van der Waals surface area contributed by atoms with Crippen molar-refractivity contribution < 1.29 is 18.7 Å². The standard InChI is InChI=1S/C15H21FN2O3/c1-20-13-7-10(16)12(8-14(13)21-2)18-15(19)6-9-4-3-5-11(9)17/h7-9,11H,3-6,17H2,1-2H3,(H,18,19)/t9-,11+/m0/s1. The fourth-order valence-electron chi connectivity index (χ4n) is 2.71. The molecule has 0 heterocycles. The van der Waals surface area contributed by atoms with E-state index >= 15 is 0 Å². The van der Waals surface area contributed by atoms with Gasteiger partial charge in [-0.15, -0.1) is 0 Å². The zero-order chi connectivity index (χ0) is 15.4. The number of carbonyl (C=O) groups excluding carboxylic acids is 1. The fourth-order valence-corrected chi connectivity index (χ4v) is 2.71. The maximum Gasteiger partial charge on any atom is 0.224 e. The van der Waals surface area contributed by atoms with Crippen molar-refractivity contribution >= 4 is 11.6 Å². The largest absolute Gasteiger partial charge is 0.493 e. The van der Waals surface area contributed by atoms with E-state index < -0.39 is 5.82 Å². The van der Waals surface area contributed by atoms with Gasteiger partial charge in [-0.05, 0) is 18.8 Å². The van der Waals surface area contributed by atoms with E-state index in [-0.39, 0.29) is 29.3 Å². The lowest BCUT2D eigenvalue weighted by Crippen LogP contribution is -2.28. The summed E-state index contributed by atoms with van der Waals surface area (Å²) in [5.41, 5.74) is 6.03. The van der Waals surface area contributed by atoms with Gasteiger partial charge < -0.3 is 20.5 Å². The lowest BCUT2D eigenvalue weighted by molar-refractivity contribution is -0.117. The first-order chi connectivity index (χ1) is 10.0. The summed E-state index contributed by atoms with van der Waals surface area (Å²) < 4.78 is 24.0. The zero-order valence-electron chi connectivity index (χ0n) is 12.3. The van der Waals surface area contributed by atoms with Crippen LogP contribution in [0, 0.1) is 11.7 Å². The summed E-state index contributed by atoms with van der Waals surface area (Å²) >= 11 is 0. The first kappa shape index (κ1) is 15.6. The van der Waals surface area contributed by atoms with E-state index in [0.29, 0.717) is 12.2 Å². The Hall–Kier alpha value is -1.82. The third-order valence-electron chi connectivity index (χ3n) is 3.91. The highest BCUT2D eigenvalue weighted by Gasteiger charge is 2.26. The van der Waals surface area contributed by atoms with Gasteiger partial charge in [0.15, 0.2) is 17.3 Å². The van der Waals surface area contributed by atoms with Crippen LogP contribution in [0.5, 0.6) is 11.5 Å². The van der Waals surface area contributed by atoms with Crippen molar-refractivity contribution in [2.24, 2.45) is 11.7 Å². The Morgan fingerprint density at radius 3 is 2.57 bits per heavy atom. The third kappa shape index (κ3) is 3.64. The minimum Gasteiger partial charge on any atom is -0.493 e. The molecule has 3 N–H and O–H groups in total. The molecule has 1 amide bonds. The quantitative estimate of drug-likeness (QED) is 0.874. The average molecular weight is 296 g/mol. The maximum absolute atomic E-state index is 13.9. The van der Waals surface area contributed by atoms with Crippen LogP contribution in [-0.2, 0) is 4.79 Å². The molecule has 116 valence electrons. The molecule has 0 spiro atoms. The van der Waals surface area contributed by atoms with Crippen molar-refractivity contribution in [3.05, 3.63) is 17.9 Å². The molecule has 21 heavy (non-hydrogen) atoms. The van der Waals surface area contributed by atoms with E-state index in [0.717, 1.165) is 19.3 Å². The summed E-state index contributed by atoms with van der Waals surface area (Å²) in [5.74, 6) is 0.0333. The van der Waals surface area contributed by atoms with E-state index in [1.807, 2.05) is 0 Å². The number of ether oxygens (including phenoxy) is 2. The summed E-state index contributed by atoms with van der Waals surface area (Å²) in [5, 5.41) is 2.58. The van der Waals surface area contributed by atoms with Gasteiger partial charge in [0.1, 0.15) is 0 Å². The molecule has 0 radical (unpaired) electrons. The van der Waals surface area contributed by atoms with Crippen molar-refractivity contribution in [3.8, 4) is 11.5 Å². The first-order valence-electron chi connectivity index (χ1n) is 7.02. The molecule has 0 unspecified atom stereocenters. The Morgan fingerprint density at radius 2 is 2.00 bits per heavy atom. The monoisotopic (exact) mass is 296 g/mol. The van der Waals surface area contributed by atoms with Crippen LogP contribution in [-0.4, -0.2) is 26.2 Å². The van der Waals surface area contributed by atoms with Gasteiger partial charge in [0, 0.05) is 24.6 Å². The molecule has 1 aliphatic rings. The average Bonchev–Trinajstić information content (AvgIpc) is 2.85. The van der Waals surface area contributed by atoms with Crippen LogP contribution in [0.2, 0.25) is 0 Å². The number of halogens is 1. The molecule has 1 aromatic rings. The van der Waals surface area contributed by atoms with Crippen LogP contribution in [0.4, 0.5) is 10.1 Å². The minimum atomic E-state index is -0.559. The van der Waals surface area contributed by atoms with Crippen molar-refractivity contribution in [1.82, 2.24) is 0 Å². The predicted octanol–water partition coefficient (Wildman–Crippen LogP) is 2.30. The molecular weight excluding hydrogens is 275 g/mol. The lowest BCUT2D eigenvalue weighted by atomic mass is 10.00. The second-order valence-electron chi connectivity index (χ2n) is 5.29. The highest BCUT2D eigenvalue weighted by atomic mass is 19.1. The lowest BCUT2D eigenvalue weighted by Gasteiger charge is -2.16. The van der Waals surface area contributed by atoms with E-state index in [4.69, 9.17) is 15.2 Å². The molecule has 2 rings (SSSR count). The molecule has 0 aromatic heterocycles. The number of anilines is 1. The summed E-state index contributed by atoms with van der Waals surface area (Å²) in [6, 6.07) is 2.67. The first-order valence-corrected chi connectivity index (χ1v) is 7.02. The number of nitrogens with two attached hydrogens (primary N) is 1. The van der Waals surface area contributed by atoms with Crippen LogP contribution in [0.15, 0.2) is 12.1 Å². The molecule has 1 saturated carbocycles. The number of amides is 1. The molecule has 0 bridgehead atoms.